The van der Waals surface area contributed by atoms with E-state index >= 15 is 0 Å². The van der Waals surface area contributed by atoms with E-state index in [1.165, 1.54) is 17.5 Å². The Morgan fingerprint density at radius 3 is 2.95 bits per heavy atom. The van der Waals surface area contributed by atoms with Gasteiger partial charge in [-0.15, -0.1) is 6.58 Å². The largest absolute Gasteiger partial charge is 0.480 e. The first kappa shape index (κ1) is 13.8. The maximum Gasteiger partial charge on any atom is 0.317 e. The summed E-state index contributed by atoms with van der Waals surface area (Å²) in [5.74, 6) is -0.774. The van der Waals surface area contributed by atoms with E-state index in [1.807, 2.05) is 11.0 Å². The van der Waals surface area contributed by atoms with Gasteiger partial charge in [-0.1, -0.05) is 36.8 Å². The summed E-state index contributed by atoms with van der Waals surface area (Å²) in [6, 6.07) is 8.62. The summed E-state index contributed by atoms with van der Waals surface area (Å²) in [5.41, 5.74) is 2.66. The molecule has 1 N–H and O–H groups in total. The highest BCUT2D eigenvalue weighted by Gasteiger charge is 2.25. The molecule has 0 heterocycles. The van der Waals surface area contributed by atoms with E-state index in [1.54, 1.807) is 6.08 Å². The fourth-order valence-electron chi connectivity index (χ4n) is 2.92. The molecule has 3 nitrogen and oxygen atoms in total. The lowest BCUT2D eigenvalue weighted by Gasteiger charge is -2.30. The maximum atomic E-state index is 11.0. The Bertz CT molecular complexity index is 456. The average molecular weight is 259 g/mol. The van der Waals surface area contributed by atoms with Gasteiger partial charge in [0.25, 0.3) is 0 Å². The van der Waals surface area contributed by atoms with Crippen LogP contribution in [0.2, 0.25) is 0 Å². The topological polar surface area (TPSA) is 40.5 Å². The van der Waals surface area contributed by atoms with Crippen LogP contribution >= 0.6 is 0 Å². The first-order valence-electron chi connectivity index (χ1n) is 6.87. The summed E-state index contributed by atoms with van der Waals surface area (Å²) in [6.45, 7) is 4.44. The van der Waals surface area contributed by atoms with Gasteiger partial charge >= 0.3 is 5.97 Å². The van der Waals surface area contributed by atoms with E-state index in [-0.39, 0.29) is 12.6 Å². The summed E-state index contributed by atoms with van der Waals surface area (Å²) < 4.78 is 0. The number of hydrogen-bond donors (Lipinski definition) is 1. The summed E-state index contributed by atoms with van der Waals surface area (Å²) in [5, 5.41) is 9.08. The third kappa shape index (κ3) is 3.44. The Labute approximate surface area is 114 Å². The Morgan fingerprint density at radius 2 is 2.21 bits per heavy atom. The minimum absolute atomic E-state index is 0.0744. The number of aryl methyl sites for hydroxylation is 1. The van der Waals surface area contributed by atoms with Gasteiger partial charge in [-0.25, -0.2) is 0 Å². The molecule has 0 spiro atoms. The number of benzene rings is 1. The second kappa shape index (κ2) is 6.53. The molecule has 0 amide bonds. The van der Waals surface area contributed by atoms with Crippen LogP contribution in [0.5, 0.6) is 0 Å². The van der Waals surface area contributed by atoms with Crippen LogP contribution in [-0.4, -0.2) is 29.1 Å². The molecule has 0 aromatic heterocycles. The zero-order valence-electron chi connectivity index (χ0n) is 11.2. The molecule has 0 saturated carbocycles. The third-order valence-corrected chi connectivity index (χ3v) is 3.73. The number of nitrogens with zero attached hydrogens (tertiary/aromatic N) is 1. The molecule has 3 heteroatoms. The minimum atomic E-state index is -0.774. The molecule has 1 aliphatic carbocycles. The maximum absolute atomic E-state index is 11.0. The van der Waals surface area contributed by atoms with Crippen LogP contribution in [0.3, 0.4) is 0 Å². The molecule has 2 rings (SSSR count). The quantitative estimate of drug-likeness (QED) is 0.652. The average Bonchev–Trinajstić information content (AvgIpc) is 2.60. The normalized spacial score (nSPS) is 18.7. The Kier molecular flexibility index (Phi) is 4.74. The molecular formula is C16H21NO2. The van der Waals surface area contributed by atoms with Crippen molar-refractivity contribution < 1.29 is 9.90 Å². The van der Waals surface area contributed by atoms with Crippen LogP contribution in [-0.2, 0) is 11.2 Å². The van der Waals surface area contributed by atoms with Crippen molar-refractivity contribution >= 4 is 5.97 Å². The Hall–Kier alpha value is -1.61. The molecule has 19 heavy (non-hydrogen) atoms. The lowest BCUT2D eigenvalue weighted by Crippen LogP contribution is -2.34. The molecule has 0 fully saturated rings. The Morgan fingerprint density at radius 1 is 1.42 bits per heavy atom. The summed E-state index contributed by atoms with van der Waals surface area (Å²) in [7, 11) is 0. The van der Waals surface area contributed by atoms with Crippen LogP contribution in [0.4, 0.5) is 0 Å². The monoisotopic (exact) mass is 259 g/mol. The van der Waals surface area contributed by atoms with Crippen molar-refractivity contribution in [3.63, 3.8) is 0 Å². The summed E-state index contributed by atoms with van der Waals surface area (Å²) >= 11 is 0. The van der Waals surface area contributed by atoms with Gasteiger partial charge in [0, 0.05) is 12.6 Å². The number of carboxylic acids is 1. The van der Waals surface area contributed by atoms with Crippen molar-refractivity contribution in [3.8, 4) is 0 Å². The highest BCUT2D eigenvalue weighted by molar-refractivity contribution is 5.69. The lowest BCUT2D eigenvalue weighted by molar-refractivity contribution is -0.138. The van der Waals surface area contributed by atoms with Gasteiger partial charge in [0.1, 0.15) is 0 Å². The molecule has 0 saturated heterocycles. The molecule has 1 aliphatic rings. The third-order valence-electron chi connectivity index (χ3n) is 3.73. The zero-order valence-corrected chi connectivity index (χ0v) is 11.2. The van der Waals surface area contributed by atoms with Crippen molar-refractivity contribution in [1.82, 2.24) is 4.90 Å². The standard InChI is InChI=1S/C16H21NO2/c1-2-11-17(12-16(18)19)15-10-6-4-8-13-7-3-5-9-14(13)15/h2-3,5,7,9,15H,1,4,6,8,10-12H2,(H,18,19). The van der Waals surface area contributed by atoms with E-state index < -0.39 is 5.97 Å². The molecule has 1 atom stereocenters. The molecule has 1 aromatic carbocycles. The van der Waals surface area contributed by atoms with Crippen molar-refractivity contribution in [2.75, 3.05) is 13.1 Å². The predicted octanol–water partition coefficient (Wildman–Crippen LogP) is 3.03. The highest BCUT2D eigenvalue weighted by atomic mass is 16.4. The minimum Gasteiger partial charge on any atom is -0.480 e. The zero-order chi connectivity index (χ0) is 13.7. The fraction of sp³-hybridized carbons (Fsp3) is 0.438. The first-order chi connectivity index (χ1) is 9.22. The second-order valence-electron chi connectivity index (χ2n) is 5.07. The van der Waals surface area contributed by atoms with E-state index in [0.717, 1.165) is 19.3 Å². The van der Waals surface area contributed by atoms with Crippen molar-refractivity contribution in [2.45, 2.75) is 31.7 Å². The van der Waals surface area contributed by atoms with E-state index in [4.69, 9.17) is 5.11 Å². The van der Waals surface area contributed by atoms with Gasteiger partial charge < -0.3 is 5.11 Å². The van der Waals surface area contributed by atoms with Gasteiger partial charge in [0.2, 0.25) is 0 Å². The number of carbonyl (C=O) groups is 1. The lowest BCUT2D eigenvalue weighted by atomic mass is 9.97. The molecule has 0 bridgehead atoms. The van der Waals surface area contributed by atoms with Crippen molar-refractivity contribution in [3.05, 3.63) is 48.0 Å². The van der Waals surface area contributed by atoms with Crippen molar-refractivity contribution in [1.29, 1.82) is 0 Å². The molecular weight excluding hydrogens is 238 g/mol. The van der Waals surface area contributed by atoms with E-state index in [9.17, 15) is 4.79 Å². The molecule has 0 radical (unpaired) electrons. The van der Waals surface area contributed by atoms with E-state index in [0.29, 0.717) is 6.54 Å². The number of hydrogen-bond acceptors (Lipinski definition) is 2. The van der Waals surface area contributed by atoms with Gasteiger partial charge in [0.15, 0.2) is 0 Å². The number of fused-ring (bicyclic) bond motifs is 1. The van der Waals surface area contributed by atoms with Gasteiger partial charge in [-0.05, 0) is 30.4 Å². The second-order valence-corrected chi connectivity index (χ2v) is 5.07. The molecule has 0 aliphatic heterocycles. The Balaban J connectivity index is 2.29. The fourth-order valence-corrected chi connectivity index (χ4v) is 2.92. The predicted molar refractivity (Wildman–Crippen MR) is 76.1 cm³/mol. The van der Waals surface area contributed by atoms with E-state index in [2.05, 4.69) is 24.8 Å². The smallest absolute Gasteiger partial charge is 0.317 e. The van der Waals surface area contributed by atoms with Crippen LogP contribution in [0.15, 0.2) is 36.9 Å². The SMILES string of the molecule is C=CCN(CC(=O)O)C1CCCCc2ccccc21. The summed E-state index contributed by atoms with van der Waals surface area (Å²) in [6.07, 6.45) is 6.24. The van der Waals surface area contributed by atoms with Crippen molar-refractivity contribution in [2.24, 2.45) is 0 Å². The number of aliphatic carboxylic acids is 1. The van der Waals surface area contributed by atoms with Gasteiger partial charge in [0.05, 0.1) is 6.54 Å². The molecule has 1 unspecified atom stereocenters. The van der Waals surface area contributed by atoms with Crippen LogP contribution in [0.1, 0.15) is 36.4 Å². The van der Waals surface area contributed by atoms with Gasteiger partial charge in [-0.3, -0.25) is 9.69 Å². The number of carboxylic acid groups (broad SMARTS) is 1. The first-order valence-corrected chi connectivity index (χ1v) is 6.87. The van der Waals surface area contributed by atoms with Crippen LogP contribution in [0.25, 0.3) is 0 Å². The number of rotatable bonds is 5. The summed E-state index contributed by atoms with van der Waals surface area (Å²) in [4.78, 5) is 13.1. The highest BCUT2D eigenvalue weighted by Crippen LogP contribution is 2.32. The van der Waals surface area contributed by atoms with Crippen LogP contribution < -0.4 is 0 Å². The molecule has 1 aromatic rings. The van der Waals surface area contributed by atoms with Crippen LogP contribution in [0, 0.1) is 0 Å². The molecule has 102 valence electrons. The van der Waals surface area contributed by atoms with Gasteiger partial charge in [-0.2, -0.15) is 0 Å².